The average molecular weight is 627 g/mol. The number of likely N-dealkylation sites (N-methyl/N-ethyl adjacent to an activating group) is 1. The fraction of sp³-hybridized carbons (Fsp3) is 0.393. The van der Waals surface area contributed by atoms with Crippen LogP contribution in [0.3, 0.4) is 0 Å². The molecule has 2 aromatic carbocycles. The minimum absolute atomic E-state index is 0. The Kier molecular flexibility index (Phi) is 11.9. The summed E-state index contributed by atoms with van der Waals surface area (Å²) in [5, 5.41) is 17.6. The highest BCUT2D eigenvalue weighted by atomic mass is 35.5. The average Bonchev–Trinajstić information content (AvgIpc) is 2.91. The van der Waals surface area contributed by atoms with E-state index in [1.807, 2.05) is 26.1 Å². The molecule has 0 radical (unpaired) electrons. The summed E-state index contributed by atoms with van der Waals surface area (Å²) in [6.45, 7) is 3.52. The maximum Gasteiger partial charge on any atom is 0.326 e. The Balaban J connectivity index is 0.00000294. The number of aliphatic carboxylic acids is 1. The van der Waals surface area contributed by atoms with Crippen molar-refractivity contribution in [3.63, 3.8) is 0 Å². The van der Waals surface area contributed by atoms with E-state index in [1.165, 1.54) is 4.90 Å². The number of carboxylic acids is 1. The minimum Gasteiger partial charge on any atom is -0.480 e. The number of nitrogens with two attached hydrogens (primary N) is 1. The van der Waals surface area contributed by atoms with Gasteiger partial charge in [-0.2, -0.15) is 4.72 Å². The van der Waals surface area contributed by atoms with Gasteiger partial charge >= 0.3 is 5.97 Å². The second-order valence-corrected chi connectivity index (χ2v) is 11.9. The van der Waals surface area contributed by atoms with E-state index in [1.54, 1.807) is 36.4 Å². The predicted molar refractivity (Wildman–Crippen MR) is 162 cm³/mol. The topological polar surface area (TPSA) is 157 Å². The number of nitrogen functional groups attached to an aromatic ring is 1. The van der Waals surface area contributed by atoms with Crippen molar-refractivity contribution in [2.24, 2.45) is 5.73 Å². The number of nitrogens with one attached hydrogen (secondary N) is 2. The third-order valence-corrected chi connectivity index (χ3v) is 8.86. The lowest BCUT2D eigenvalue weighted by molar-refractivity contribution is -0.150. The molecule has 0 spiro atoms. The number of hydrogen-bond donors (Lipinski definition) is 4. The zero-order valence-corrected chi connectivity index (χ0v) is 25.4. The van der Waals surface area contributed by atoms with Crippen molar-refractivity contribution in [2.75, 3.05) is 20.1 Å². The normalized spacial score (nSPS) is 17.8. The van der Waals surface area contributed by atoms with Crippen molar-refractivity contribution in [1.82, 2.24) is 14.5 Å². The molecule has 0 saturated heterocycles. The van der Waals surface area contributed by atoms with Crippen LogP contribution in [-0.2, 0) is 39.0 Å². The van der Waals surface area contributed by atoms with Crippen molar-refractivity contribution in [2.45, 2.75) is 56.1 Å². The Morgan fingerprint density at radius 3 is 2.56 bits per heavy atom. The van der Waals surface area contributed by atoms with Crippen LogP contribution in [0.1, 0.15) is 42.0 Å². The first-order chi connectivity index (χ1) is 18.5. The number of nitrogens with zero attached hydrogens (tertiary/aromatic N) is 2. The van der Waals surface area contributed by atoms with Crippen molar-refractivity contribution in [3.8, 4) is 0 Å². The number of rotatable bonds is 9. The van der Waals surface area contributed by atoms with Crippen LogP contribution in [0.4, 0.5) is 0 Å². The van der Waals surface area contributed by atoms with E-state index < -0.39 is 34.0 Å². The molecule has 2 heterocycles. The quantitative estimate of drug-likeness (QED) is 0.189. The lowest BCUT2D eigenvalue weighted by atomic mass is 9.96. The first kappa shape index (κ1) is 34.2. The second-order valence-electron chi connectivity index (χ2n) is 10.2. The SMILES string of the molecule is CCC1=CCN(C(=O)[C@H](Cc2cccc(C(=N)N)c2)NS(=O)(=O)c2ccc3c(c2)CN(C)CC3)C(C(=O)O)C1.Cl.Cl. The number of amides is 1. The number of sulfonamides is 1. The molecule has 2 aliphatic rings. The molecule has 4 rings (SSSR count). The molecule has 13 heteroatoms. The molecule has 1 amide bonds. The van der Waals surface area contributed by atoms with E-state index >= 15 is 0 Å². The Hall–Kier alpha value is -2.96. The molecule has 10 nitrogen and oxygen atoms in total. The summed E-state index contributed by atoms with van der Waals surface area (Å²) in [5.74, 6) is -1.91. The third kappa shape index (κ3) is 8.08. The smallest absolute Gasteiger partial charge is 0.326 e. The molecule has 2 atom stereocenters. The number of fused-ring (bicyclic) bond motifs is 1. The molecular formula is C28H37Cl2N5O5S. The van der Waals surface area contributed by atoms with Gasteiger partial charge in [-0.3, -0.25) is 10.2 Å². The monoisotopic (exact) mass is 625 g/mol. The summed E-state index contributed by atoms with van der Waals surface area (Å²) in [7, 11) is -2.17. The minimum atomic E-state index is -4.14. The zero-order valence-electron chi connectivity index (χ0n) is 23.0. The van der Waals surface area contributed by atoms with Gasteiger partial charge in [0.15, 0.2) is 0 Å². The number of carboxylic acid groups (broad SMARTS) is 1. The Bertz CT molecular complexity index is 1430. The van der Waals surface area contributed by atoms with E-state index in [2.05, 4.69) is 9.62 Å². The lowest BCUT2D eigenvalue weighted by Crippen LogP contribution is -2.55. The van der Waals surface area contributed by atoms with Crippen molar-refractivity contribution in [1.29, 1.82) is 5.41 Å². The van der Waals surface area contributed by atoms with Crippen molar-refractivity contribution < 1.29 is 23.1 Å². The third-order valence-electron chi connectivity index (χ3n) is 7.40. The van der Waals surface area contributed by atoms with E-state index in [4.69, 9.17) is 11.1 Å². The molecule has 0 saturated carbocycles. The molecular weight excluding hydrogens is 589 g/mol. The summed E-state index contributed by atoms with van der Waals surface area (Å²) in [5.41, 5.74) is 9.62. The molecule has 41 heavy (non-hydrogen) atoms. The van der Waals surface area contributed by atoms with Crippen LogP contribution in [0.5, 0.6) is 0 Å². The number of benzene rings is 2. The molecule has 2 aromatic rings. The van der Waals surface area contributed by atoms with Gasteiger partial charge in [0.25, 0.3) is 0 Å². The van der Waals surface area contributed by atoms with Gasteiger partial charge in [-0.25, -0.2) is 13.2 Å². The Morgan fingerprint density at radius 1 is 1.17 bits per heavy atom. The lowest BCUT2D eigenvalue weighted by Gasteiger charge is -2.35. The van der Waals surface area contributed by atoms with Gasteiger partial charge in [0.1, 0.15) is 17.9 Å². The molecule has 0 bridgehead atoms. The van der Waals surface area contributed by atoms with Gasteiger partial charge in [0, 0.05) is 25.2 Å². The second kappa shape index (κ2) is 14.3. The van der Waals surface area contributed by atoms with Crippen LogP contribution < -0.4 is 10.5 Å². The summed E-state index contributed by atoms with van der Waals surface area (Å²) in [6, 6.07) is 9.32. The van der Waals surface area contributed by atoms with E-state index in [0.29, 0.717) is 24.1 Å². The predicted octanol–water partition coefficient (Wildman–Crippen LogP) is 2.71. The van der Waals surface area contributed by atoms with E-state index in [9.17, 15) is 23.1 Å². The maximum absolute atomic E-state index is 13.8. The molecule has 0 aliphatic carbocycles. The standard InChI is InChI=1S/C28H35N5O5S.2ClH/c1-3-18-9-12-33(25(15-18)28(35)36)27(34)24(14-19-5-4-6-21(13-19)26(29)30)31-39(37,38)23-8-7-20-10-11-32(2)17-22(20)16-23;;/h4-9,13,16,24-25,31H,3,10-12,14-15,17H2,1-2H3,(H3,29,30)(H,35,36);2*1H/t24-,25?;;/m0../s1. The number of carbonyl (C=O) groups excluding carboxylic acids is 1. The molecule has 224 valence electrons. The fourth-order valence-corrected chi connectivity index (χ4v) is 6.37. The van der Waals surface area contributed by atoms with Crippen molar-refractivity contribution >= 4 is 52.5 Å². The maximum atomic E-state index is 13.8. The van der Waals surface area contributed by atoms with Gasteiger partial charge in [-0.1, -0.05) is 42.8 Å². The van der Waals surface area contributed by atoms with E-state index in [0.717, 1.165) is 29.7 Å². The number of carbonyl (C=O) groups is 2. The van der Waals surface area contributed by atoms with Gasteiger partial charge in [-0.15, -0.1) is 24.8 Å². The number of hydrogen-bond acceptors (Lipinski definition) is 6. The fourth-order valence-electron chi connectivity index (χ4n) is 5.13. The Morgan fingerprint density at radius 2 is 1.90 bits per heavy atom. The summed E-state index contributed by atoms with van der Waals surface area (Å²) in [6.07, 6.45) is 3.48. The van der Waals surface area contributed by atoms with Gasteiger partial charge in [0.05, 0.1) is 4.90 Å². The van der Waals surface area contributed by atoms with Crippen LogP contribution in [0.25, 0.3) is 0 Å². The van der Waals surface area contributed by atoms with Crippen LogP contribution in [0.15, 0.2) is 59.0 Å². The molecule has 5 N–H and O–H groups in total. The molecule has 2 aliphatic heterocycles. The first-order valence-corrected chi connectivity index (χ1v) is 14.4. The molecule has 0 fully saturated rings. The number of halogens is 2. The summed E-state index contributed by atoms with van der Waals surface area (Å²) >= 11 is 0. The summed E-state index contributed by atoms with van der Waals surface area (Å²) in [4.78, 5) is 29.3. The van der Waals surface area contributed by atoms with Gasteiger partial charge < -0.3 is 20.6 Å². The molecule has 0 aromatic heterocycles. The van der Waals surface area contributed by atoms with E-state index in [-0.39, 0.29) is 54.9 Å². The van der Waals surface area contributed by atoms with Crippen molar-refractivity contribution in [3.05, 3.63) is 76.4 Å². The Labute approximate surface area is 253 Å². The first-order valence-electron chi connectivity index (χ1n) is 13.0. The zero-order chi connectivity index (χ0) is 28.3. The highest BCUT2D eigenvalue weighted by Crippen LogP contribution is 2.25. The van der Waals surface area contributed by atoms with Gasteiger partial charge in [-0.05, 0) is 67.6 Å². The van der Waals surface area contributed by atoms with Crippen LogP contribution in [0, 0.1) is 5.41 Å². The highest BCUT2D eigenvalue weighted by Gasteiger charge is 2.37. The van der Waals surface area contributed by atoms with Crippen LogP contribution in [-0.4, -0.2) is 73.3 Å². The summed E-state index contributed by atoms with van der Waals surface area (Å²) < 4.78 is 29.8. The van der Waals surface area contributed by atoms with Crippen LogP contribution in [0.2, 0.25) is 0 Å². The number of amidine groups is 1. The highest BCUT2D eigenvalue weighted by molar-refractivity contribution is 7.89. The van der Waals surface area contributed by atoms with Gasteiger partial charge in [0.2, 0.25) is 15.9 Å². The largest absolute Gasteiger partial charge is 0.480 e. The van der Waals surface area contributed by atoms with Crippen LogP contribution >= 0.6 is 24.8 Å². The molecule has 1 unspecified atom stereocenters.